The van der Waals surface area contributed by atoms with E-state index in [1.807, 2.05) is 6.07 Å². The smallest absolute Gasteiger partial charge is 0.278 e. The number of amides is 2. The van der Waals surface area contributed by atoms with Crippen molar-refractivity contribution in [2.45, 2.75) is 45.8 Å². The highest BCUT2D eigenvalue weighted by molar-refractivity contribution is 6.06. The number of hydrogen-bond acceptors (Lipinski definition) is 6. The van der Waals surface area contributed by atoms with Crippen LogP contribution in [0.25, 0.3) is 0 Å². The van der Waals surface area contributed by atoms with Crippen LogP contribution in [-0.4, -0.2) is 36.7 Å². The van der Waals surface area contributed by atoms with E-state index in [-0.39, 0.29) is 12.3 Å². The van der Waals surface area contributed by atoms with Gasteiger partial charge in [0.1, 0.15) is 5.76 Å². The van der Waals surface area contributed by atoms with Gasteiger partial charge in [-0.3, -0.25) is 9.59 Å². The van der Waals surface area contributed by atoms with E-state index in [0.29, 0.717) is 28.6 Å². The van der Waals surface area contributed by atoms with Crippen molar-refractivity contribution in [1.29, 1.82) is 0 Å². The summed E-state index contributed by atoms with van der Waals surface area (Å²) in [6.45, 7) is 4.99. The normalized spacial score (nSPS) is 16.8. The van der Waals surface area contributed by atoms with Gasteiger partial charge in [0.2, 0.25) is 5.91 Å². The number of nitrogens with one attached hydrogen (secondary N) is 1. The first-order chi connectivity index (χ1) is 13.4. The summed E-state index contributed by atoms with van der Waals surface area (Å²) in [5.41, 5.74) is 7.92. The molecule has 1 saturated heterocycles. The molecule has 2 heterocycles. The van der Waals surface area contributed by atoms with Gasteiger partial charge in [0.05, 0.1) is 23.5 Å². The number of primary amides is 1. The summed E-state index contributed by atoms with van der Waals surface area (Å²) in [5, 5.41) is 6.76. The van der Waals surface area contributed by atoms with E-state index in [2.05, 4.69) is 22.3 Å². The van der Waals surface area contributed by atoms with Crippen molar-refractivity contribution in [3.05, 3.63) is 40.8 Å². The summed E-state index contributed by atoms with van der Waals surface area (Å²) in [5.74, 6) is -0.440. The molecule has 2 amide bonds. The minimum atomic E-state index is -0.550. The molecule has 1 aliphatic heterocycles. The van der Waals surface area contributed by atoms with Crippen molar-refractivity contribution < 1.29 is 18.8 Å². The van der Waals surface area contributed by atoms with Crippen LogP contribution < -0.4 is 16.0 Å². The fourth-order valence-corrected chi connectivity index (χ4v) is 3.56. The van der Waals surface area contributed by atoms with Crippen molar-refractivity contribution in [2.75, 3.05) is 23.9 Å². The maximum absolute atomic E-state index is 12.9. The number of nitrogens with zero attached hydrogens (tertiary/aromatic N) is 2. The van der Waals surface area contributed by atoms with Gasteiger partial charge in [0.25, 0.3) is 5.91 Å². The number of carbonyl (C=O) groups is 2. The molecule has 0 radical (unpaired) electrons. The third kappa shape index (κ3) is 4.01. The molecule has 8 heteroatoms. The lowest BCUT2D eigenvalue weighted by atomic mass is 10.0. The highest BCUT2D eigenvalue weighted by Gasteiger charge is 2.25. The van der Waals surface area contributed by atoms with Crippen LogP contribution in [0, 0.1) is 6.92 Å². The van der Waals surface area contributed by atoms with Crippen LogP contribution in [0.5, 0.6) is 0 Å². The fourth-order valence-electron chi connectivity index (χ4n) is 3.56. The lowest BCUT2D eigenvalue weighted by Crippen LogP contribution is -2.38. The molecule has 1 aromatic carbocycles. The van der Waals surface area contributed by atoms with Gasteiger partial charge in [-0.05, 0) is 51.3 Å². The third-order valence-corrected chi connectivity index (χ3v) is 5.13. The largest absolute Gasteiger partial charge is 0.380 e. The van der Waals surface area contributed by atoms with Crippen LogP contribution in [-0.2, 0) is 11.3 Å². The highest BCUT2D eigenvalue weighted by Crippen LogP contribution is 2.33. The molecule has 3 N–H and O–H groups in total. The number of aromatic nitrogens is 1. The van der Waals surface area contributed by atoms with Crippen molar-refractivity contribution in [3.63, 3.8) is 0 Å². The number of nitrogens with two attached hydrogens (primary N) is 1. The van der Waals surface area contributed by atoms with Gasteiger partial charge in [-0.15, -0.1) is 0 Å². The Balaban J connectivity index is 1.96. The molecule has 1 atom stereocenters. The molecule has 0 spiro atoms. The van der Waals surface area contributed by atoms with Crippen LogP contribution in [0.3, 0.4) is 0 Å². The molecule has 0 bridgehead atoms. The average Bonchev–Trinajstić information content (AvgIpc) is 3.03. The standard InChI is InChI=1S/C20H26N4O4/c1-12-6-4-5-9-24(12)17-8-7-14(19(21)25)10-16(17)22-20(26)18-15(11-27-3)13(2)28-23-18/h7-8,10,12H,4-6,9,11H2,1-3H3,(H2,21,25)(H,22,26). The molecule has 150 valence electrons. The van der Waals surface area contributed by atoms with Crippen molar-refractivity contribution in [1.82, 2.24) is 5.16 Å². The van der Waals surface area contributed by atoms with Crippen LogP contribution >= 0.6 is 0 Å². The van der Waals surface area contributed by atoms with E-state index < -0.39 is 11.8 Å². The summed E-state index contributed by atoms with van der Waals surface area (Å²) >= 11 is 0. The summed E-state index contributed by atoms with van der Waals surface area (Å²) in [6.07, 6.45) is 3.33. The summed E-state index contributed by atoms with van der Waals surface area (Å²) < 4.78 is 10.3. The van der Waals surface area contributed by atoms with Crippen molar-refractivity contribution in [3.8, 4) is 0 Å². The quantitative estimate of drug-likeness (QED) is 0.790. The third-order valence-electron chi connectivity index (χ3n) is 5.13. The highest BCUT2D eigenvalue weighted by atomic mass is 16.5. The number of aryl methyl sites for hydroxylation is 1. The number of anilines is 2. The average molecular weight is 386 g/mol. The first-order valence-electron chi connectivity index (χ1n) is 9.38. The zero-order chi connectivity index (χ0) is 20.3. The topological polar surface area (TPSA) is 111 Å². The van der Waals surface area contributed by atoms with Crippen LogP contribution in [0.2, 0.25) is 0 Å². The zero-order valence-electron chi connectivity index (χ0n) is 16.4. The van der Waals surface area contributed by atoms with E-state index in [1.54, 1.807) is 26.2 Å². The first-order valence-corrected chi connectivity index (χ1v) is 9.38. The molecule has 8 nitrogen and oxygen atoms in total. The lowest BCUT2D eigenvalue weighted by molar-refractivity contribution is 0.0993. The van der Waals surface area contributed by atoms with E-state index in [0.717, 1.165) is 25.1 Å². The predicted octanol–water partition coefficient (Wildman–Crippen LogP) is 2.86. The number of benzene rings is 1. The molecule has 0 saturated carbocycles. The first kappa shape index (κ1) is 19.9. The number of hydrogen-bond donors (Lipinski definition) is 2. The van der Waals surface area contributed by atoms with Gasteiger partial charge in [0, 0.05) is 25.3 Å². The number of carbonyl (C=O) groups excluding carboxylic acids is 2. The number of ether oxygens (including phenoxy) is 1. The molecule has 1 unspecified atom stereocenters. The van der Waals surface area contributed by atoms with Crippen LogP contribution in [0.4, 0.5) is 11.4 Å². The molecule has 1 aliphatic rings. The second kappa shape index (κ2) is 8.43. The van der Waals surface area contributed by atoms with E-state index in [4.69, 9.17) is 15.0 Å². The van der Waals surface area contributed by atoms with Crippen molar-refractivity contribution >= 4 is 23.2 Å². The minimum absolute atomic E-state index is 0.168. The zero-order valence-corrected chi connectivity index (χ0v) is 16.4. The van der Waals surface area contributed by atoms with Crippen molar-refractivity contribution in [2.24, 2.45) is 5.73 Å². The molecule has 3 rings (SSSR count). The number of rotatable bonds is 6. The molecule has 0 aliphatic carbocycles. The number of methoxy groups -OCH3 is 1. The maximum Gasteiger partial charge on any atom is 0.278 e. The summed E-state index contributed by atoms with van der Waals surface area (Å²) in [7, 11) is 1.54. The van der Waals surface area contributed by atoms with Gasteiger partial charge in [-0.1, -0.05) is 5.16 Å². The fraction of sp³-hybridized carbons (Fsp3) is 0.450. The SMILES string of the molecule is COCc1c(C(=O)Nc2cc(C(N)=O)ccc2N2CCCCC2C)noc1C. The van der Waals surface area contributed by atoms with Gasteiger partial charge < -0.3 is 25.2 Å². The summed E-state index contributed by atoms with van der Waals surface area (Å²) in [6, 6.07) is 5.47. The van der Waals surface area contributed by atoms with Crippen LogP contribution in [0.1, 0.15) is 58.4 Å². The minimum Gasteiger partial charge on any atom is -0.380 e. The molecule has 28 heavy (non-hydrogen) atoms. The number of piperidine rings is 1. The lowest BCUT2D eigenvalue weighted by Gasteiger charge is -2.36. The van der Waals surface area contributed by atoms with Crippen LogP contribution in [0.15, 0.2) is 22.7 Å². The Labute approximate surface area is 164 Å². The van der Waals surface area contributed by atoms with Gasteiger partial charge >= 0.3 is 0 Å². The molecule has 1 fully saturated rings. The predicted molar refractivity (Wildman–Crippen MR) is 106 cm³/mol. The molecular formula is C20H26N4O4. The van der Waals surface area contributed by atoms with Gasteiger partial charge in [-0.25, -0.2) is 0 Å². The Morgan fingerprint density at radius 2 is 2.18 bits per heavy atom. The molecular weight excluding hydrogens is 360 g/mol. The second-order valence-electron chi connectivity index (χ2n) is 7.09. The van der Waals surface area contributed by atoms with Gasteiger partial charge in [-0.2, -0.15) is 0 Å². The Hall–Kier alpha value is -2.87. The Kier molecular flexibility index (Phi) is 5.99. The Morgan fingerprint density at radius 1 is 1.39 bits per heavy atom. The summed E-state index contributed by atoms with van der Waals surface area (Å²) in [4.78, 5) is 26.8. The second-order valence-corrected chi connectivity index (χ2v) is 7.09. The van der Waals surface area contributed by atoms with E-state index >= 15 is 0 Å². The monoisotopic (exact) mass is 386 g/mol. The molecule has 1 aromatic heterocycles. The molecule has 2 aromatic rings. The Morgan fingerprint density at radius 3 is 2.86 bits per heavy atom. The van der Waals surface area contributed by atoms with Gasteiger partial charge in [0.15, 0.2) is 5.69 Å². The van der Waals surface area contributed by atoms with E-state index in [9.17, 15) is 9.59 Å². The van der Waals surface area contributed by atoms with E-state index in [1.165, 1.54) is 6.42 Å². The Bertz CT molecular complexity index is 877. The maximum atomic E-state index is 12.9.